The van der Waals surface area contributed by atoms with Gasteiger partial charge in [-0.2, -0.15) is 0 Å². The lowest BCUT2D eigenvalue weighted by Gasteiger charge is -2.39. The van der Waals surface area contributed by atoms with Crippen molar-refractivity contribution in [2.75, 3.05) is 0 Å². The van der Waals surface area contributed by atoms with Crippen molar-refractivity contribution in [1.29, 1.82) is 0 Å². The summed E-state index contributed by atoms with van der Waals surface area (Å²) < 4.78 is 0. The molecule has 3 rings (SSSR count). The predicted molar refractivity (Wildman–Crippen MR) is 90.6 cm³/mol. The van der Waals surface area contributed by atoms with E-state index in [0.29, 0.717) is 0 Å². The molecule has 1 nitrogen and oxygen atoms in total. The van der Waals surface area contributed by atoms with Crippen molar-refractivity contribution in [3.8, 4) is 0 Å². The van der Waals surface area contributed by atoms with Crippen LogP contribution in [0.4, 0.5) is 0 Å². The van der Waals surface area contributed by atoms with E-state index in [4.69, 9.17) is 11.6 Å². The van der Waals surface area contributed by atoms with Crippen LogP contribution in [0.2, 0.25) is 5.02 Å². The summed E-state index contributed by atoms with van der Waals surface area (Å²) in [4.78, 5) is 0. The topological polar surface area (TPSA) is 12.0 Å². The van der Waals surface area contributed by atoms with Crippen molar-refractivity contribution in [2.45, 2.75) is 70.4 Å². The third-order valence-corrected chi connectivity index (χ3v) is 5.77. The summed E-state index contributed by atoms with van der Waals surface area (Å²) >= 11 is 6.09. The average molecular weight is 306 g/mol. The number of benzene rings is 1. The summed E-state index contributed by atoms with van der Waals surface area (Å²) in [6, 6.07) is 9.00. The van der Waals surface area contributed by atoms with E-state index in [9.17, 15) is 0 Å². The molecule has 0 amide bonds. The molecule has 2 saturated carbocycles. The minimum atomic E-state index is 0.723. The van der Waals surface area contributed by atoms with Crippen LogP contribution in [0.15, 0.2) is 24.3 Å². The van der Waals surface area contributed by atoms with Crippen molar-refractivity contribution in [3.05, 3.63) is 34.9 Å². The summed E-state index contributed by atoms with van der Waals surface area (Å²) in [6.45, 7) is 0.967. The molecule has 0 bridgehead atoms. The van der Waals surface area contributed by atoms with Crippen LogP contribution < -0.4 is 5.32 Å². The summed E-state index contributed by atoms with van der Waals surface area (Å²) in [6.07, 6.45) is 13.0. The zero-order chi connectivity index (χ0) is 14.5. The number of hydrogen-bond donors (Lipinski definition) is 1. The predicted octanol–water partition coefficient (Wildman–Crippen LogP) is 5.57. The van der Waals surface area contributed by atoms with Gasteiger partial charge in [-0.15, -0.1) is 0 Å². The maximum absolute atomic E-state index is 6.09. The quantitative estimate of drug-likeness (QED) is 0.767. The molecule has 0 heterocycles. The van der Waals surface area contributed by atoms with E-state index in [2.05, 4.69) is 23.5 Å². The van der Waals surface area contributed by atoms with Gasteiger partial charge in [0.25, 0.3) is 0 Å². The first-order chi connectivity index (χ1) is 10.3. The van der Waals surface area contributed by atoms with E-state index in [0.717, 1.165) is 29.4 Å². The highest BCUT2D eigenvalue weighted by atomic mass is 35.5. The Hall–Kier alpha value is -0.530. The van der Waals surface area contributed by atoms with Gasteiger partial charge in [-0.1, -0.05) is 68.7 Å². The molecule has 2 aliphatic carbocycles. The second kappa shape index (κ2) is 7.65. The van der Waals surface area contributed by atoms with Crippen molar-refractivity contribution in [1.82, 2.24) is 5.32 Å². The molecular formula is C19H28ClN. The van der Waals surface area contributed by atoms with Gasteiger partial charge in [0.15, 0.2) is 0 Å². The normalized spacial score (nSPS) is 27.7. The lowest BCUT2D eigenvalue weighted by molar-refractivity contribution is 0.149. The summed E-state index contributed by atoms with van der Waals surface area (Å²) in [5.74, 6) is 1.90. The standard InChI is InChI=1S/C19H28ClN/c20-17-10-6-7-15(13-17)14-21-19-12-5-4-11-18(19)16-8-2-1-3-9-16/h6-7,10,13,16,18-19,21H,1-5,8-9,11-12,14H2. The molecule has 0 saturated heterocycles. The molecule has 0 aromatic heterocycles. The highest BCUT2D eigenvalue weighted by molar-refractivity contribution is 6.30. The molecule has 1 aromatic rings. The molecule has 2 atom stereocenters. The van der Waals surface area contributed by atoms with Crippen molar-refractivity contribution >= 4 is 11.6 Å². The molecule has 2 fully saturated rings. The molecule has 1 N–H and O–H groups in total. The van der Waals surface area contributed by atoms with Crippen LogP contribution in [0.25, 0.3) is 0 Å². The zero-order valence-electron chi connectivity index (χ0n) is 13.0. The molecule has 116 valence electrons. The summed E-state index contributed by atoms with van der Waals surface area (Å²) in [5.41, 5.74) is 1.32. The maximum Gasteiger partial charge on any atom is 0.0409 e. The lowest BCUT2D eigenvalue weighted by atomic mass is 9.71. The number of hydrogen-bond acceptors (Lipinski definition) is 1. The van der Waals surface area contributed by atoms with E-state index >= 15 is 0 Å². The Morgan fingerprint density at radius 2 is 1.71 bits per heavy atom. The van der Waals surface area contributed by atoms with Gasteiger partial charge < -0.3 is 5.32 Å². The molecule has 0 spiro atoms. The molecule has 21 heavy (non-hydrogen) atoms. The van der Waals surface area contributed by atoms with Gasteiger partial charge >= 0.3 is 0 Å². The molecule has 0 aliphatic heterocycles. The smallest absolute Gasteiger partial charge is 0.0409 e. The van der Waals surface area contributed by atoms with Gasteiger partial charge in [-0.05, 0) is 42.4 Å². The van der Waals surface area contributed by atoms with E-state index in [-0.39, 0.29) is 0 Å². The maximum atomic E-state index is 6.09. The van der Waals surface area contributed by atoms with Crippen LogP contribution in [0.3, 0.4) is 0 Å². The molecule has 2 heteroatoms. The minimum Gasteiger partial charge on any atom is -0.310 e. The van der Waals surface area contributed by atoms with E-state index in [1.807, 2.05) is 6.07 Å². The van der Waals surface area contributed by atoms with Crippen LogP contribution in [0.5, 0.6) is 0 Å². The van der Waals surface area contributed by atoms with E-state index in [1.54, 1.807) is 0 Å². The molecule has 2 unspecified atom stereocenters. The molecular weight excluding hydrogens is 278 g/mol. The van der Waals surface area contributed by atoms with E-state index in [1.165, 1.54) is 63.4 Å². The highest BCUT2D eigenvalue weighted by Crippen LogP contribution is 2.38. The van der Waals surface area contributed by atoms with Crippen molar-refractivity contribution in [2.24, 2.45) is 11.8 Å². The van der Waals surface area contributed by atoms with Crippen LogP contribution >= 0.6 is 11.6 Å². The SMILES string of the molecule is Clc1cccc(CNC2CCCCC2C2CCCCC2)c1. The van der Waals surface area contributed by atoms with Gasteiger partial charge in [0, 0.05) is 17.6 Å². The third-order valence-electron chi connectivity index (χ3n) is 5.53. The molecule has 1 aromatic carbocycles. The Bertz CT molecular complexity index is 439. The fourth-order valence-corrected chi connectivity index (χ4v) is 4.65. The average Bonchev–Trinajstić information content (AvgIpc) is 2.54. The molecule has 2 aliphatic rings. The monoisotopic (exact) mass is 305 g/mol. The molecule has 0 radical (unpaired) electrons. The third kappa shape index (κ3) is 4.23. The second-order valence-corrected chi connectivity index (χ2v) is 7.40. The van der Waals surface area contributed by atoms with Crippen molar-refractivity contribution in [3.63, 3.8) is 0 Å². The first-order valence-corrected chi connectivity index (χ1v) is 9.18. The Labute approximate surface area is 134 Å². The minimum absolute atomic E-state index is 0.723. The summed E-state index contributed by atoms with van der Waals surface area (Å²) in [7, 11) is 0. The highest BCUT2D eigenvalue weighted by Gasteiger charge is 2.32. The van der Waals surface area contributed by atoms with Crippen LogP contribution in [-0.4, -0.2) is 6.04 Å². The van der Waals surface area contributed by atoms with Crippen LogP contribution in [0, 0.1) is 11.8 Å². The second-order valence-electron chi connectivity index (χ2n) is 6.96. The van der Waals surface area contributed by atoms with Gasteiger partial charge in [0.2, 0.25) is 0 Å². The van der Waals surface area contributed by atoms with Crippen LogP contribution in [0.1, 0.15) is 63.4 Å². The van der Waals surface area contributed by atoms with E-state index < -0.39 is 0 Å². The number of halogens is 1. The Morgan fingerprint density at radius 3 is 2.52 bits per heavy atom. The Kier molecular flexibility index (Phi) is 5.60. The Balaban J connectivity index is 1.58. The van der Waals surface area contributed by atoms with Crippen LogP contribution in [-0.2, 0) is 6.54 Å². The van der Waals surface area contributed by atoms with Gasteiger partial charge in [0.05, 0.1) is 0 Å². The van der Waals surface area contributed by atoms with Gasteiger partial charge in [-0.3, -0.25) is 0 Å². The first-order valence-electron chi connectivity index (χ1n) is 8.81. The largest absolute Gasteiger partial charge is 0.310 e. The van der Waals surface area contributed by atoms with Gasteiger partial charge in [0.1, 0.15) is 0 Å². The lowest BCUT2D eigenvalue weighted by Crippen LogP contribution is -2.42. The van der Waals surface area contributed by atoms with Crippen molar-refractivity contribution < 1.29 is 0 Å². The van der Waals surface area contributed by atoms with Gasteiger partial charge in [-0.25, -0.2) is 0 Å². The Morgan fingerprint density at radius 1 is 0.952 bits per heavy atom. The fourth-order valence-electron chi connectivity index (χ4n) is 4.44. The first kappa shape index (κ1) is 15.4. The number of rotatable bonds is 4. The summed E-state index contributed by atoms with van der Waals surface area (Å²) in [5, 5.41) is 4.70. The zero-order valence-corrected chi connectivity index (χ0v) is 13.7. The number of nitrogens with one attached hydrogen (secondary N) is 1. The fraction of sp³-hybridized carbons (Fsp3) is 0.684.